The molecule has 74 heavy (non-hydrogen) atoms. The molecule has 0 nitrogen and oxygen atoms in total. The van der Waals surface area contributed by atoms with E-state index in [1.807, 2.05) is 34.6 Å². The Hall–Kier alpha value is 0. The normalized spacial score (nSPS) is 28.0. The number of hydrogen-bond acceptors (Lipinski definition) is 0. The van der Waals surface area contributed by atoms with Gasteiger partial charge in [-0.15, -0.1) is 0 Å². The lowest BCUT2D eigenvalue weighted by molar-refractivity contribution is -0.0321. The van der Waals surface area contributed by atoms with Crippen LogP contribution < -0.4 is 0 Å². The highest BCUT2D eigenvalue weighted by atomic mass is 14.5. The molecule has 0 aromatic rings. The Morgan fingerprint density at radius 3 is 0.838 bits per heavy atom. The van der Waals surface area contributed by atoms with Crippen molar-refractivity contribution < 1.29 is 9.60 Å². The molecule has 0 N–H and O–H groups in total. The van der Waals surface area contributed by atoms with Crippen molar-refractivity contribution in [1.29, 1.82) is 0 Å². The molecule has 0 unspecified atom stereocenters. The average Bonchev–Trinajstić information content (AvgIpc) is 3.75. The van der Waals surface area contributed by atoms with Crippen molar-refractivity contribution in [2.45, 2.75) is 391 Å². The Kier molecular flexibility index (Phi) is 25.9. The molecule has 0 aliphatic heterocycles. The van der Waals surface area contributed by atoms with Crippen LogP contribution in [0, 0.1) is 83.7 Å². The van der Waals surface area contributed by atoms with Gasteiger partial charge < -0.3 is 0 Å². The lowest BCUT2D eigenvalue weighted by Crippen LogP contribution is -2.43. The molecular weight excluding hydrogens is 889 g/mol. The lowest BCUT2D eigenvalue weighted by Gasteiger charge is -2.54. The summed E-state index contributed by atoms with van der Waals surface area (Å²) in [5, 5.41) is 0. The third-order valence-corrected chi connectivity index (χ3v) is 19.6. The summed E-state index contributed by atoms with van der Waals surface area (Å²) < 4.78 is 49.4. The van der Waals surface area contributed by atoms with Gasteiger partial charge in [-0.2, -0.15) is 0 Å². The standard InChI is InChI=1S/C16H30.C14H26.C12H22.C11H20.C6H14.3C5H12/c1-13-6-8-16(9-7-13)11-14(2,3)10-15(4,5)12-16;1-12-4-6-14(7-5-12)10-8-13(2,3)9-11-14;1-11-5-9-12(10-6-11)7-3-2-4-8-12;1-10-4-8-11(9-5-10)6-2-3-7-11;1-5-6(2,3)4;2*1-5(2,3)4;1-4-5(2)3/h13H,6-12H2,1-5H3;12H,4-11H2,1-3H3;11H,2-10H2,1H3;10H,2-9H2,1H3;5H2,1-4H3;2*1-4H3;5H,4H2,1-3H3/i;;;;5D2;1D3;;4D2. The molecule has 8 aliphatic carbocycles. The third-order valence-electron chi connectivity index (χ3n) is 19.6. The summed E-state index contributed by atoms with van der Waals surface area (Å²) in [6.07, 6.45) is 46.4. The molecule has 0 heterocycles. The van der Waals surface area contributed by atoms with Gasteiger partial charge >= 0.3 is 0 Å². The Morgan fingerprint density at radius 1 is 0.378 bits per heavy atom. The molecule has 0 radical (unpaired) electrons. The van der Waals surface area contributed by atoms with Gasteiger partial charge in [0, 0.05) is 9.60 Å². The van der Waals surface area contributed by atoms with E-state index in [0.717, 1.165) is 39.9 Å². The van der Waals surface area contributed by atoms with Crippen molar-refractivity contribution in [2.24, 2.45) is 83.7 Å². The molecular formula is C74H148. The quantitative estimate of drug-likeness (QED) is 0.246. The molecule has 8 saturated carbocycles. The first kappa shape index (κ1) is 60.1. The van der Waals surface area contributed by atoms with Crippen molar-refractivity contribution in [3.8, 4) is 0 Å². The van der Waals surface area contributed by atoms with E-state index in [2.05, 4.69) is 96.9 Å². The van der Waals surface area contributed by atoms with Crippen LogP contribution in [0.2, 0.25) is 0 Å². The first-order valence-corrected chi connectivity index (χ1v) is 32.8. The fourth-order valence-electron chi connectivity index (χ4n) is 14.7. The zero-order valence-corrected chi connectivity index (χ0v) is 56.0. The zero-order chi connectivity index (χ0) is 63.0. The summed E-state index contributed by atoms with van der Waals surface area (Å²) in [5.74, 6) is 4.18. The highest BCUT2D eigenvalue weighted by Crippen LogP contribution is 2.60. The van der Waals surface area contributed by atoms with E-state index in [1.54, 1.807) is 86.0 Å². The van der Waals surface area contributed by atoms with Crippen LogP contribution in [-0.4, -0.2) is 0 Å². The van der Waals surface area contributed by atoms with Crippen LogP contribution in [0.5, 0.6) is 0 Å². The fraction of sp³-hybridized carbons (Fsp3) is 1.00. The summed E-state index contributed by atoms with van der Waals surface area (Å²) in [4.78, 5) is 0. The molecule has 0 atom stereocenters. The van der Waals surface area contributed by atoms with Gasteiger partial charge in [0.1, 0.15) is 0 Å². The minimum absolute atomic E-state index is 0.132. The smallest absolute Gasteiger partial charge is 0.0269 e. The monoisotopic (exact) mass is 1040 g/mol. The molecule has 0 bridgehead atoms. The number of hydrogen-bond donors (Lipinski definition) is 0. The Bertz CT molecular complexity index is 1560. The molecule has 8 fully saturated rings. The van der Waals surface area contributed by atoms with E-state index in [-0.39, 0.29) is 11.3 Å². The Morgan fingerprint density at radius 2 is 0.608 bits per heavy atom. The van der Waals surface area contributed by atoms with Crippen LogP contribution in [-0.2, 0) is 0 Å². The van der Waals surface area contributed by atoms with Gasteiger partial charge in [0.05, 0.1) is 0 Å². The predicted octanol–water partition coefficient (Wildman–Crippen LogP) is 26.7. The van der Waals surface area contributed by atoms with E-state index < -0.39 is 25.0 Å². The van der Waals surface area contributed by atoms with Gasteiger partial charge in [-0.05, 0) is 206 Å². The molecule has 8 rings (SSSR count). The molecule has 0 heteroatoms. The van der Waals surface area contributed by atoms with E-state index in [0.29, 0.717) is 27.1 Å². The van der Waals surface area contributed by atoms with Gasteiger partial charge in [0.2, 0.25) is 0 Å². The topological polar surface area (TPSA) is 0 Å². The van der Waals surface area contributed by atoms with E-state index in [9.17, 15) is 0 Å². The summed E-state index contributed by atoms with van der Waals surface area (Å²) in [6.45, 7) is 49.3. The van der Waals surface area contributed by atoms with E-state index >= 15 is 0 Å². The minimum atomic E-state index is -1.81. The summed E-state index contributed by atoms with van der Waals surface area (Å²) >= 11 is 0. The molecule has 0 saturated heterocycles. The van der Waals surface area contributed by atoms with E-state index in [4.69, 9.17) is 9.60 Å². The van der Waals surface area contributed by atoms with Gasteiger partial charge in [-0.3, -0.25) is 0 Å². The molecule has 0 amide bonds. The second-order valence-corrected chi connectivity index (χ2v) is 34.7. The maximum Gasteiger partial charge on any atom is 0.0269 e. The zero-order valence-electron chi connectivity index (χ0n) is 63.0. The van der Waals surface area contributed by atoms with Crippen molar-refractivity contribution in [1.82, 2.24) is 0 Å². The maximum atomic E-state index is 7.25. The minimum Gasteiger partial charge on any atom is -0.0651 e. The Balaban J connectivity index is 0.000000474. The first-order valence-electron chi connectivity index (χ1n) is 36.3. The lowest BCUT2D eigenvalue weighted by atomic mass is 9.51. The van der Waals surface area contributed by atoms with Crippen LogP contribution in [0.3, 0.4) is 0 Å². The SMILES string of the molecule is CC(C)(C)C.CC1CCC2(CC1)CC(C)(C)CC(C)(C)C2.CC1CCC2(CC1)CCC(C)(C)CC2.CC1CCC2(CCCC2)CC1.CC1CCC2(CCCCC2)CC1.[2H]C([2H])(C)C(C)(C)C.[2H]C([2H])(C)C(C)C.[2H]C([2H])([2H])C(C)(C)C. The maximum absolute atomic E-state index is 7.25. The highest BCUT2D eigenvalue weighted by Gasteiger charge is 2.48. The van der Waals surface area contributed by atoms with E-state index in [1.165, 1.54) is 154 Å². The summed E-state index contributed by atoms with van der Waals surface area (Å²) in [5.41, 5.74) is 4.69. The van der Waals surface area contributed by atoms with Crippen molar-refractivity contribution >= 4 is 0 Å². The average molecular weight is 1050 g/mol. The molecule has 0 aromatic heterocycles. The highest BCUT2D eigenvalue weighted by molar-refractivity contribution is 4.99. The molecule has 4 spiro atoms. The number of rotatable bonds is 1. The van der Waals surface area contributed by atoms with Gasteiger partial charge in [0.15, 0.2) is 0 Å². The largest absolute Gasteiger partial charge is 0.0651 e. The summed E-state index contributed by atoms with van der Waals surface area (Å²) in [6, 6.07) is 0. The predicted molar refractivity (Wildman–Crippen MR) is 341 cm³/mol. The van der Waals surface area contributed by atoms with Crippen LogP contribution in [0.1, 0.15) is 401 Å². The molecule has 0 aromatic carbocycles. The van der Waals surface area contributed by atoms with Crippen LogP contribution in [0.4, 0.5) is 0 Å². The van der Waals surface area contributed by atoms with Crippen molar-refractivity contribution in [2.75, 3.05) is 0 Å². The molecule has 444 valence electrons. The van der Waals surface area contributed by atoms with Crippen molar-refractivity contribution in [3.05, 3.63) is 0 Å². The first-order chi connectivity index (χ1) is 36.3. The second-order valence-electron chi connectivity index (χ2n) is 34.7. The van der Waals surface area contributed by atoms with Crippen LogP contribution >= 0.6 is 0 Å². The van der Waals surface area contributed by atoms with Crippen molar-refractivity contribution in [3.63, 3.8) is 0 Å². The van der Waals surface area contributed by atoms with Crippen LogP contribution in [0.15, 0.2) is 0 Å². The Labute approximate surface area is 482 Å². The van der Waals surface area contributed by atoms with Crippen LogP contribution in [0.25, 0.3) is 0 Å². The summed E-state index contributed by atoms with van der Waals surface area (Å²) in [7, 11) is 0. The van der Waals surface area contributed by atoms with Gasteiger partial charge in [0.25, 0.3) is 0 Å². The van der Waals surface area contributed by atoms with Gasteiger partial charge in [-0.25, -0.2) is 0 Å². The third kappa shape index (κ3) is 33.6. The second kappa shape index (κ2) is 31.9. The van der Waals surface area contributed by atoms with Gasteiger partial charge in [-0.1, -0.05) is 269 Å². The fourth-order valence-corrected chi connectivity index (χ4v) is 14.7. The molecule has 8 aliphatic rings.